The first kappa shape index (κ1) is 17.1. The van der Waals surface area contributed by atoms with E-state index in [1.165, 1.54) is 12.3 Å². The van der Waals surface area contributed by atoms with Gasteiger partial charge in [0.15, 0.2) is 5.88 Å². The first-order valence-electron chi connectivity index (χ1n) is 8.73. The van der Waals surface area contributed by atoms with Crippen molar-refractivity contribution in [3.8, 4) is 5.88 Å². The zero-order chi connectivity index (χ0) is 18.8. The van der Waals surface area contributed by atoms with Crippen LogP contribution in [0.25, 0.3) is 10.9 Å². The minimum atomic E-state index is -0.354. The summed E-state index contributed by atoms with van der Waals surface area (Å²) in [4.78, 5) is 21.6. The van der Waals surface area contributed by atoms with Gasteiger partial charge in [-0.3, -0.25) is 9.79 Å². The van der Waals surface area contributed by atoms with Crippen molar-refractivity contribution in [2.45, 2.75) is 0 Å². The molecule has 138 valence electrons. The highest BCUT2D eigenvalue weighted by molar-refractivity contribution is 6.02. The third-order valence-electron chi connectivity index (χ3n) is 4.80. The van der Waals surface area contributed by atoms with Gasteiger partial charge in [0.05, 0.1) is 16.9 Å². The van der Waals surface area contributed by atoms with Crippen LogP contribution in [-0.2, 0) is 4.79 Å². The Morgan fingerprint density at radius 1 is 1.11 bits per heavy atom. The van der Waals surface area contributed by atoms with E-state index in [2.05, 4.69) is 9.98 Å². The normalized spacial score (nSPS) is 15.0. The number of H-pyrrole nitrogens is 1. The fourth-order valence-corrected chi connectivity index (χ4v) is 3.32. The Bertz CT molecular complexity index is 1010. The van der Waals surface area contributed by atoms with Crippen molar-refractivity contribution >= 4 is 34.9 Å². The molecular formula is C20H19FN4O2. The van der Waals surface area contributed by atoms with Crippen molar-refractivity contribution in [2.75, 3.05) is 31.1 Å². The lowest BCUT2D eigenvalue weighted by atomic mass is 10.2. The van der Waals surface area contributed by atoms with E-state index in [4.69, 9.17) is 0 Å². The fourth-order valence-electron chi connectivity index (χ4n) is 3.32. The van der Waals surface area contributed by atoms with Gasteiger partial charge < -0.3 is 19.9 Å². The van der Waals surface area contributed by atoms with Crippen LogP contribution in [0.3, 0.4) is 0 Å². The number of aromatic hydroxyl groups is 1. The number of fused-ring (bicyclic) bond motifs is 1. The van der Waals surface area contributed by atoms with Gasteiger partial charge in [-0.05, 0) is 18.2 Å². The van der Waals surface area contributed by atoms with E-state index in [9.17, 15) is 14.3 Å². The van der Waals surface area contributed by atoms with E-state index in [0.717, 1.165) is 17.3 Å². The van der Waals surface area contributed by atoms with Gasteiger partial charge in [-0.2, -0.15) is 0 Å². The van der Waals surface area contributed by atoms with Crippen molar-refractivity contribution in [2.24, 2.45) is 4.99 Å². The van der Waals surface area contributed by atoms with Crippen LogP contribution in [0.15, 0.2) is 47.5 Å². The van der Waals surface area contributed by atoms with Gasteiger partial charge in [-0.25, -0.2) is 4.39 Å². The maximum absolute atomic E-state index is 14.6. The number of hydrogen-bond donors (Lipinski definition) is 2. The average Bonchev–Trinajstić information content (AvgIpc) is 3.01. The Morgan fingerprint density at radius 3 is 2.63 bits per heavy atom. The maximum Gasteiger partial charge on any atom is 0.209 e. The van der Waals surface area contributed by atoms with Crippen LogP contribution >= 0.6 is 0 Å². The molecule has 4 rings (SSSR count). The van der Waals surface area contributed by atoms with Gasteiger partial charge in [0, 0.05) is 49.4 Å². The van der Waals surface area contributed by atoms with Crippen LogP contribution in [0.5, 0.6) is 5.88 Å². The second-order valence-corrected chi connectivity index (χ2v) is 6.46. The number of hydrogen-bond acceptors (Lipinski definition) is 4. The van der Waals surface area contributed by atoms with Crippen molar-refractivity contribution in [1.29, 1.82) is 0 Å². The molecule has 27 heavy (non-hydrogen) atoms. The number of carbonyl (C=O) groups excluding carboxylic acids is 1. The van der Waals surface area contributed by atoms with Gasteiger partial charge in [-0.1, -0.05) is 18.2 Å². The number of amides is 1. The smallest absolute Gasteiger partial charge is 0.209 e. The number of carbonyl (C=O) groups is 1. The van der Waals surface area contributed by atoms with E-state index >= 15 is 0 Å². The number of nitrogens with zero attached hydrogens (tertiary/aromatic N) is 3. The fraction of sp³-hybridized carbons (Fsp3) is 0.200. The molecule has 1 aliphatic rings. The molecule has 1 aromatic heterocycles. The lowest BCUT2D eigenvalue weighted by Crippen LogP contribution is -2.46. The van der Waals surface area contributed by atoms with E-state index in [1.54, 1.807) is 17.0 Å². The van der Waals surface area contributed by atoms with Crippen LogP contribution < -0.4 is 4.90 Å². The summed E-state index contributed by atoms with van der Waals surface area (Å²) >= 11 is 0. The second kappa shape index (κ2) is 7.11. The molecule has 1 aliphatic heterocycles. The molecule has 2 aromatic carbocycles. The molecule has 0 bridgehead atoms. The zero-order valence-electron chi connectivity index (χ0n) is 14.6. The predicted octanol–water partition coefficient (Wildman–Crippen LogP) is 3.04. The number of halogens is 1. The van der Waals surface area contributed by atoms with Gasteiger partial charge in [-0.15, -0.1) is 0 Å². The number of aromatic amines is 1. The van der Waals surface area contributed by atoms with E-state index in [1.807, 2.05) is 29.2 Å². The van der Waals surface area contributed by atoms with Crippen molar-refractivity contribution in [1.82, 2.24) is 9.88 Å². The highest BCUT2D eigenvalue weighted by Gasteiger charge is 2.18. The Morgan fingerprint density at radius 2 is 1.89 bits per heavy atom. The topological polar surface area (TPSA) is 71.9 Å². The number of piperazine rings is 1. The third kappa shape index (κ3) is 3.36. The van der Waals surface area contributed by atoms with Crippen molar-refractivity contribution in [3.05, 3.63) is 53.8 Å². The molecule has 6 nitrogen and oxygen atoms in total. The number of rotatable bonds is 4. The quantitative estimate of drug-likeness (QED) is 0.551. The minimum Gasteiger partial charge on any atom is -0.494 e. The predicted molar refractivity (Wildman–Crippen MR) is 103 cm³/mol. The lowest BCUT2D eigenvalue weighted by Gasteiger charge is -2.34. The SMILES string of the molecule is O=CN1CCN(c2ccc(N=Cc3c(O)[nH]c4ccccc34)cc2F)CC1. The summed E-state index contributed by atoms with van der Waals surface area (Å²) in [5, 5.41) is 10.9. The van der Waals surface area contributed by atoms with Crippen LogP contribution in [0.2, 0.25) is 0 Å². The van der Waals surface area contributed by atoms with Crippen LogP contribution in [0, 0.1) is 5.82 Å². The zero-order valence-corrected chi connectivity index (χ0v) is 14.6. The Kier molecular flexibility index (Phi) is 4.50. The summed E-state index contributed by atoms with van der Waals surface area (Å²) in [5.41, 5.74) is 2.36. The largest absolute Gasteiger partial charge is 0.494 e. The standard InChI is InChI=1S/C20H19FN4O2/c21-17-11-14(5-6-19(17)25-9-7-24(13-26)8-10-25)22-12-16-15-3-1-2-4-18(15)23-20(16)27/h1-6,11-13,23,27H,7-10H2. The molecule has 0 unspecified atom stereocenters. The summed E-state index contributed by atoms with van der Waals surface area (Å²) in [6, 6.07) is 12.3. The molecule has 0 saturated carbocycles. The van der Waals surface area contributed by atoms with Crippen molar-refractivity contribution < 1.29 is 14.3 Å². The first-order chi connectivity index (χ1) is 13.2. The van der Waals surface area contributed by atoms with E-state index in [-0.39, 0.29) is 11.7 Å². The molecule has 0 radical (unpaired) electrons. The highest BCUT2D eigenvalue weighted by Crippen LogP contribution is 2.28. The number of para-hydroxylation sites is 1. The third-order valence-corrected chi connectivity index (χ3v) is 4.80. The Labute approximate surface area is 155 Å². The molecule has 7 heteroatoms. The molecule has 0 spiro atoms. The molecule has 1 fully saturated rings. The summed E-state index contributed by atoms with van der Waals surface area (Å²) in [7, 11) is 0. The van der Waals surface area contributed by atoms with Gasteiger partial charge >= 0.3 is 0 Å². The van der Waals surface area contributed by atoms with Crippen LogP contribution in [0.1, 0.15) is 5.56 Å². The molecular weight excluding hydrogens is 347 g/mol. The lowest BCUT2D eigenvalue weighted by molar-refractivity contribution is -0.118. The van der Waals surface area contributed by atoms with Crippen LogP contribution in [0.4, 0.5) is 15.8 Å². The number of benzene rings is 2. The summed E-state index contributed by atoms with van der Waals surface area (Å²) in [6.45, 7) is 2.37. The molecule has 0 aliphatic carbocycles. The van der Waals surface area contributed by atoms with Crippen LogP contribution in [-0.4, -0.2) is 53.8 Å². The van der Waals surface area contributed by atoms with Gasteiger partial charge in [0.2, 0.25) is 6.41 Å². The van der Waals surface area contributed by atoms with E-state index < -0.39 is 0 Å². The molecule has 3 aromatic rings. The molecule has 1 saturated heterocycles. The summed E-state index contributed by atoms with van der Waals surface area (Å²) < 4.78 is 14.6. The monoisotopic (exact) mass is 366 g/mol. The average molecular weight is 366 g/mol. The van der Waals surface area contributed by atoms with Gasteiger partial charge in [0.1, 0.15) is 5.82 Å². The second-order valence-electron chi connectivity index (χ2n) is 6.46. The maximum atomic E-state index is 14.6. The Balaban J connectivity index is 1.55. The number of nitrogens with one attached hydrogen (secondary N) is 1. The highest BCUT2D eigenvalue weighted by atomic mass is 19.1. The number of anilines is 1. The molecule has 0 atom stereocenters. The minimum absolute atomic E-state index is 0.0325. The molecule has 2 N–H and O–H groups in total. The molecule has 1 amide bonds. The number of aliphatic imine (C=N–C) groups is 1. The number of aromatic nitrogens is 1. The van der Waals surface area contributed by atoms with Crippen molar-refractivity contribution in [3.63, 3.8) is 0 Å². The molecule has 2 heterocycles. The van der Waals surface area contributed by atoms with Gasteiger partial charge in [0.25, 0.3) is 0 Å². The van der Waals surface area contributed by atoms with E-state index in [0.29, 0.717) is 43.1 Å². The summed E-state index contributed by atoms with van der Waals surface area (Å²) in [5.74, 6) is -0.322. The summed E-state index contributed by atoms with van der Waals surface area (Å²) in [6.07, 6.45) is 2.36. The first-order valence-corrected chi connectivity index (χ1v) is 8.73. The Hall–Kier alpha value is -3.35.